The normalized spacial score (nSPS) is 16.5. The number of aromatic hydroxyl groups is 1. The van der Waals surface area contributed by atoms with Crippen LogP contribution in [0, 0.1) is 0 Å². The first kappa shape index (κ1) is 16.2. The monoisotopic (exact) mass is 393 g/mol. The SMILES string of the molecule is Oc1ccc2c(c1)CCN(c1ccccc1)C2Cc1ccc(Br)cc1. The van der Waals surface area contributed by atoms with E-state index in [1.165, 1.54) is 22.4 Å². The van der Waals surface area contributed by atoms with Gasteiger partial charge in [0, 0.05) is 16.7 Å². The molecule has 0 aliphatic carbocycles. The Kier molecular flexibility index (Phi) is 4.50. The van der Waals surface area contributed by atoms with Gasteiger partial charge in [-0.3, -0.25) is 0 Å². The molecule has 3 aromatic rings. The maximum atomic E-state index is 9.86. The second-order valence-electron chi connectivity index (χ2n) is 6.51. The van der Waals surface area contributed by atoms with Gasteiger partial charge in [-0.2, -0.15) is 0 Å². The van der Waals surface area contributed by atoms with Crippen molar-refractivity contribution in [1.82, 2.24) is 0 Å². The molecule has 1 aliphatic heterocycles. The van der Waals surface area contributed by atoms with Crippen LogP contribution in [0.2, 0.25) is 0 Å². The second kappa shape index (κ2) is 6.93. The molecule has 2 nitrogen and oxygen atoms in total. The smallest absolute Gasteiger partial charge is 0.115 e. The van der Waals surface area contributed by atoms with Gasteiger partial charge in [0.15, 0.2) is 0 Å². The summed E-state index contributed by atoms with van der Waals surface area (Å²) < 4.78 is 1.10. The molecule has 1 atom stereocenters. The van der Waals surface area contributed by atoms with E-state index in [1.54, 1.807) is 0 Å². The van der Waals surface area contributed by atoms with E-state index in [0.717, 1.165) is 23.9 Å². The molecular formula is C22H20BrNO. The van der Waals surface area contributed by atoms with Gasteiger partial charge in [-0.15, -0.1) is 0 Å². The van der Waals surface area contributed by atoms with E-state index in [1.807, 2.05) is 12.1 Å². The van der Waals surface area contributed by atoms with Gasteiger partial charge in [-0.25, -0.2) is 0 Å². The molecule has 4 rings (SSSR count). The third-order valence-corrected chi connectivity index (χ3v) is 5.44. The number of fused-ring (bicyclic) bond motifs is 1. The highest BCUT2D eigenvalue weighted by atomic mass is 79.9. The van der Waals surface area contributed by atoms with Gasteiger partial charge >= 0.3 is 0 Å². The summed E-state index contributed by atoms with van der Waals surface area (Å²) in [5, 5.41) is 9.86. The molecule has 3 heteroatoms. The number of benzene rings is 3. The first-order valence-corrected chi connectivity index (χ1v) is 9.38. The van der Waals surface area contributed by atoms with Crippen molar-refractivity contribution in [2.75, 3.05) is 11.4 Å². The molecule has 0 bridgehead atoms. The van der Waals surface area contributed by atoms with Crippen molar-refractivity contribution in [2.45, 2.75) is 18.9 Å². The quantitative estimate of drug-likeness (QED) is 0.634. The van der Waals surface area contributed by atoms with Crippen LogP contribution >= 0.6 is 15.9 Å². The zero-order valence-electron chi connectivity index (χ0n) is 13.9. The Balaban J connectivity index is 1.74. The number of anilines is 1. The van der Waals surface area contributed by atoms with E-state index in [9.17, 15) is 5.11 Å². The largest absolute Gasteiger partial charge is 0.508 e. The summed E-state index contributed by atoms with van der Waals surface area (Å²) >= 11 is 3.51. The molecule has 0 spiro atoms. The molecule has 0 saturated heterocycles. The number of hydrogen-bond donors (Lipinski definition) is 1. The topological polar surface area (TPSA) is 23.5 Å². The first-order chi connectivity index (χ1) is 12.2. The molecule has 0 saturated carbocycles. The Bertz CT molecular complexity index is 861. The van der Waals surface area contributed by atoms with E-state index < -0.39 is 0 Å². The third-order valence-electron chi connectivity index (χ3n) is 4.91. The van der Waals surface area contributed by atoms with Crippen LogP contribution in [0.4, 0.5) is 5.69 Å². The van der Waals surface area contributed by atoms with E-state index >= 15 is 0 Å². The van der Waals surface area contributed by atoms with Crippen molar-refractivity contribution in [1.29, 1.82) is 0 Å². The van der Waals surface area contributed by atoms with Gasteiger partial charge in [0.1, 0.15) is 5.75 Å². The summed E-state index contributed by atoms with van der Waals surface area (Å²) in [7, 11) is 0. The Morgan fingerprint density at radius 1 is 0.960 bits per heavy atom. The van der Waals surface area contributed by atoms with Gasteiger partial charge in [0.2, 0.25) is 0 Å². The van der Waals surface area contributed by atoms with E-state index in [4.69, 9.17) is 0 Å². The Morgan fingerprint density at radius 2 is 1.72 bits per heavy atom. The lowest BCUT2D eigenvalue weighted by Crippen LogP contribution is -2.36. The van der Waals surface area contributed by atoms with Crippen LogP contribution in [0.3, 0.4) is 0 Å². The molecule has 1 heterocycles. The molecule has 0 radical (unpaired) electrons. The van der Waals surface area contributed by atoms with Crippen LogP contribution in [-0.2, 0) is 12.8 Å². The third kappa shape index (κ3) is 3.42. The fraction of sp³-hybridized carbons (Fsp3) is 0.182. The molecular weight excluding hydrogens is 374 g/mol. The lowest BCUT2D eigenvalue weighted by molar-refractivity contribution is 0.472. The summed E-state index contributed by atoms with van der Waals surface area (Å²) in [5.41, 5.74) is 5.14. The molecule has 3 aromatic carbocycles. The summed E-state index contributed by atoms with van der Waals surface area (Å²) in [6.07, 6.45) is 1.90. The van der Waals surface area contributed by atoms with E-state index in [0.29, 0.717) is 5.75 Å². The van der Waals surface area contributed by atoms with Crippen molar-refractivity contribution < 1.29 is 5.11 Å². The minimum absolute atomic E-state index is 0.271. The molecule has 0 fully saturated rings. The number of hydrogen-bond acceptors (Lipinski definition) is 2. The minimum Gasteiger partial charge on any atom is -0.508 e. The van der Waals surface area contributed by atoms with Crippen LogP contribution < -0.4 is 4.90 Å². The molecule has 126 valence electrons. The summed E-state index contributed by atoms with van der Waals surface area (Å²) in [5.74, 6) is 0.356. The highest BCUT2D eigenvalue weighted by Gasteiger charge is 2.28. The Labute approximate surface area is 156 Å². The predicted octanol–water partition coefficient (Wildman–Crippen LogP) is 5.50. The second-order valence-corrected chi connectivity index (χ2v) is 7.42. The number of phenols is 1. The lowest BCUT2D eigenvalue weighted by Gasteiger charge is -2.39. The van der Waals surface area contributed by atoms with Crippen LogP contribution in [-0.4, -0.2) is 11.7 Å². The molecule has 0 amide bonds. The summed E-state index contributed by atoms with van der Waals surface area (Å²) in [6, 6.07) is 25.3. The number of rotatable bonds is 3. The van der Waals surface area contributed by atoms with E-state index in [2.05, 4.69) is 81.5 Å². The van der Waals surface area contributed by atoms with E-state index in [-0.39, 0.29) is 6.04 Å². The number of para-hydroxylation sites is 1. The highest BCUT2D eigenvalue weighted by molar-refractivity contribution is 9.10. The molecule has 1 unspecified atom stereocenters. The van der Waals surface area contributed by atoms with Crippen LogP contribution in [0.25, 0.3) is 0 Å². The Morgan fingerprint density at radius 3 is 2.48 bits per heavy atom. The minimum atomic E-state index is 0.271. The highest BCUT2D eigenvalue weighted by Crippen LogP contribution is 2.37. The van der Waals surface area contributed by atoms with Crippen LogP contribution in [0.5, 0.6) is 5.75 Å². The summed E-state index contributed by atoms with van der Waals surface area (Å²) in [4.78, 5) is 2.49. The van der Waals surface area contributed by atoms with Gasteiger partial charge in [0.05, 0.1) is 6.04 Å². The van der Waals surface area contributed by atoms with Gasteiger partial charge < -0.3 is 10.0 Å². The average molecular weight is 394 g/mol. The van der Waals surface area contributed by atoms with Gasteiger partial charge in [-0.05, 0) is 65.9 Å². The predicted molar refractivity (Wildman–Crippen MR) is 106 cm³/mol. The number of halogens is 1. The molecule has 1 aliphatic rings. The molecule has 1 N–H and O–H groups in total. The Hall–Kier alpha value is -2.26. The number of phenolic OH excluding ortho intramolecular Hbond substituents is 1. The zero-order chi connectivity index (χ0) is 17.2. The molecule has 0 aromatic heterocycles. The van der Waals surface area contributed by atoms with Crippen molar-refractivity contribution in [2.24, 2.45) is 0 Å². The summed E-state index contributed by atoms with van der Waals surface area (Å²) in [6.45, 7) is 0.960. The molecule has 25 heavy (non-hydrogen) atoms. The average Bonchev–Trinajstić information content (AvgIpc) is 2.64. The van der Waals surface area contributed by atoms with Crippen LogP contribution in [0.1, 0.15) is 22.7 Å². The standard InChI is InChI=1S/C22H20BrNO/c23-18-8-6-16(7-9-18)14-22-21-11-10-20(25)15-17(21)12-13-24(22)19-4-2-1-3-5-19/h1-11,15,22,25H,12-14H2. The van der Waals surface area contributed by atoms with Crippen molar-refractivity contribution >= 4 is 21.6 Å². The fourth-order valence-electron chi connectivity index (χ4n) is 3.69. The van der Waals surface area contributed by atoms with Crippen molar-refractivity contribution in [3.8, 4) is 5.75 Å². The van der Waals surface area contributed by atoms with Gasteiger partial charge in [-0.1, -0.05) is 52.3 Å². The van der Waals surface area contributed by atoms with Gasteiger partial charge in [0.25, 0.3) is 0 Å². The maximum absolute atomic E-state index is 9.86. The van der Waals surface area contributed by atoms with Crippen molar-refractivity contribution in [3.63, 3.8) is 0 Å². The van der Waals surface area contributed by atoms with Crippen LogP contribution in [0.15, 0.2) is 77.3 Å². The van der Waals surface area contributed by atoms with Crippen molar-refractivity contribution in [3.05, 3.63) is 94.0 Å². The fourth-order valence-corrected chi connectivity index (χ4v) is 3.96. The maximum Gasteiger partial charge on any atom is 0.115 e. The lowest BCUT2D eigenvalue weighted by atomic mass is 9.88. The zero-order valence-corrected chi connectivity index (χ0v) is 15.5. The number of nitrogens with zero attached hydrogens (tertiary/aromatic N) is 1. The first-order valence-electron chi connectivity index (χ1n) is 8.58.